The molecule has 0 radical (unpaired) electrons. The summed E-state index contributed by atoms with van der Waals surface area (Å²) < 4.78 is 14.2. The summed E-state index contributed by atoms with van der Waals surface area (Å²) in [6.07, 6.45) is 2.28. The maximum atomic E-state index is 14.2. The van der Waals surface area contributed by atoms with Gasteiger partial charge >= 0.3 is 0 Å². The molecule has 0 amide bonds. The Morgan fingerprint density at radius 3 is 2.43 bits per heavy atom. The first-order valence-corrected chi connectivity index (χ1v) is 7.11. The molecule has 1 aliphatic heterocycles. The van der Waals surface area contributed by atoms with Crippen LogP contribution in [0.2, 0.25) is 0 Å². The van der Waals surface area contributed by atoms with Gasteiger partial charge in [-0.05, 0) is 37.3 Å². The zero-order chi connectivity index (χ0) is 13.4. The maximum absolute atomic E-state index is 14.2. The standard InChI is InChI=1S/C15H21FN2O.2ClH/c1-10-2-5-12(16)13(15(10)19)14(11-3-4-11)18-8-6-17-7-9-18;;/h2,5,11,14,17,19H,3-4,6-9H2,1H3;2*1H/t14-;;/m0../s1. The Hall–Kier alpha value is -0.550. The number of nitrogens with zero attached hydrogens (tertiary/aromatic N) is 1. The highest BCUT2D eigenvalue weighted by Gasteiger charge is 2.39. The van der Waals surface area contributed by atoms with Crippen molar-refractivity contribution in [1.29, 1.82) is 0 Å². The number of phenols is 1. The van der Waals surface area contributed by atoms with E-state index in [1.54, 1.807) is 6.07 Å². The quantitative estimate of drug-likeness (QED) is 0.890. The Bertz CT molecular complexity index is 477. The minimum Gasteiger partial charge on any atom is -0.507 e. The van der Waals surface area contributed by atoms with Gasteiger partial charge in [0.15, 0.2) is 0 Å². The molecule has 0 bridgehead atoms. The Kier molecular flexibility index (Phi) is 6.72. The van der Waals surface area contributed by atoms with Crippen LogP contribution in [0.5, 0.6) is 5.75 Å². The Morgan fingerprint density at radius 1 is 1.24 bits per heavy atom. The van der Waals surface area contributed by atoms with Gasteiger partial charge in [-0.25, -0.2) is 4.39 Å². The normalized spacial score (nSPS) is 20.3. The Labute approximate surface area is 137 Å². The van der Waals surface area contributed by atoms with E-state index in [9.17, 15) is 9.50 Å². The lowest BCUT2D eigenvalue weighted by molar-refractivity contribution is 0.150. The van der Waals surface area contributed by atoms with Crippen molar-refractivity contribution in [1.82, 2.24) is 10.2 Å². The number of hydrogen-bond donors (Lipinski definition) is 2. The fourth-order valence-electron chi connectivity index (χ4n) is 3.06. The van der Waals surface area contributed by atoms with Crippen LogP contribution in [0.25, 0.3) is 0 Å². The van der Waals surface area contributed by atoms with Crippen molar-refractivity contribution in [3.63, 3.8) is 0 Å². The predicted octanol–water partition coefficient (Wildman–Crippen LogP) is 3.04. The zero-order valence-corrected chi connectivity index (χ0v) is 13.8. The number of nitrogens with one attached hydrogen (secondary N) is 1. The van der Waals surface area contributed by atoms with E-state index in [0.29, 0.717) is 11.5 Å². The monoisotopic (exact) mass is 336 g/mol. The molecule has 0 spiro atoms. The summed E-state index contributed by atoms with van der Waals surface area (Å²) in [6.45, 7) is 5.57. The van der Waals surface area contributed by atoms with Crippen LogP contribution in [0.15, 0.2) is 12.1 Å². The molecule has 0 aromatic heterocycles. The topological polar surface area (TPSA) is 35.5 Å². The number of hydrogen-bond acceptors (Lipinski definition) is 3. The summed E-state index contributed by atoms with van der Waals surface area (Å²) >= 11 is 0. The molecule has 1 atom stereocenters. The van der Waals surface area contributed by atoms with Crippen molar-refractivity contribution in [3.05, 3.63) is 29.1 Å². The number of rotatable bonds is 3. The molecule has 3 rings (SSSR count). The van der Waals surface area contributed by atoms with E-state index in [0.717, 1.165) is 44.6 Å². The lowest BCUT2D eigenvalue weighted by atomic mass is 9.96. The molecule has 120 valence electrons. The molecule has 2 fully saturated rings. The molecule has 1 heterocycles. The van der Waals surface area contributed by atoms with Gasteiger partial charge in [-0.2, -0.15) is 0 Å². The molecular formula is C15H23Cl2FN2O. The fourth-order valence-corrected chi connectivity index (χ4v) is 3.06. The second kappa shape index (κ2) is 7.63. The Morgan fingerprint density at radius 2 is 1.86 bits per heavy atom. The number of halogens is 3. The second-order valence-corrected chi connectivity index (χ2v) is 5.69. The van der Waals surface area contributed by atoms with Crippen LogP contribution in [0.1, 0.15) is 30.0 Å². The van der Waals surface area contributed by atoms with E-state index in [1.807, 2.05) is 6.92 Å². The average molecular weight is 337 g/mol. The summed E-state index contributed by atoms with van der Waals surface area (Å²) in [5.41, 5.74) is 1.28. The molecule has 2 N–H and O–H groups in total. The van der Waals surface area contributed by atoms with Crippen LogP contribution in [0, 0.1) is 18.7 Å². The fraction of sp³-hybridized carbons (Fsp3) is 0.600. The van der Waals surface area contributed by atoms with Gasteiger partial charge in [0.05, 0.1) is 0 Å². The molecule has 1 saturated carbocycles. The molecule has 1 saturated heterocycles. The molecule has 2 aliphatic rings. The Balaban J connectivity index is 0.00000110. The molecule has 1 aliphatic carbocycles. The van der Waals surface area contributed by atoms with E-state index in [4.69, 9.17) is 0 Å². The van der Waals surface area contributed by atoms with E-state index in [2.05, 4.69) is 10.2 Å². The van der Waals surface area contributed by atoms with Crippen LogP contribution in [0.4, 0.5) is 4.39 Å². The highest BCUT2D eigenvalue weighted by molar-refractivity contribution is 5.85. The first kappa shape index (κ1) is 18.5. The second-order valence-electron chi connectivity index (χ2n) is 5.69. The minimum atomic E-state index is -0.265. The van der Waals surface area contributed by atoms with E-state index >= 15 is 0 Å². The molecule has 0 unspecified atom stereocenters. The van der Waals surface area contributed by atoms with Gasteiger partial charge < -0.3 is 10.4 Å². The molecule has 21 heavy (non-hydrogen) atoms. The lowest BCUT2D eigenvalue weighted by Gasteiger charge is -2.36. The van der Waals surface area contributed by atoms with Crippen LogP contribution in [0.3, 0.4) is 0 Å². The molecule has 3 nitrogen and oxygen atoms in total. The van der Waals surface area contributed by atoms with Crippen molar-refractivity contribution < 1.29 is 9.50 Å². The van der Waals surface area contributed by atoms with Crippen molar-refractivity contribution in [3.8, 4) is 5.75 Å². The summed E-state index contributed by atoms with van der Waals surface area (Å²) in [7, 11) is 0. The van der Waals surface area contributed by atoms with Crippen molar-refractivity contribution >= 4 is 24.8 Å². The van der Waals surface area contributed by atoms with Crippen LogP contribution < -0.4 is 5.32 Å². The highest BCUT2D eigenvalue weighted by atomic mass is 35.5. The SMILES string of the molecule is Cc1ccc(F)c([C@H](C2CC2)N2CCNCC2)c1O.Cl.Cl. The predicted molar refractivity (Wildman–Crippen MR) is 87.2 cm³/mol. The van der Waals surface area contributed by atoms with Gasteiger partial charge in [0.2, 0.25) is 0 Å². The van der Waals surface area contributed by atoms with Crippen LogP contribution >= 0.6 is 24.8 Å². The van der Waals surface area contributed by atoms with Gasteiger partial charge in [-0.15, -0.1) is 24.8 Å². The molecule has 6 heteroatoms. The van der Waals surface area contributed by atoms with E-state index < -0.39 is 0 Å². The van der Waals surface area contributed by atoms with Crippen molar-refractivity contribution in [2.45, 2.75) is 25.8 Å². The van der Waals surface area contributed by atoms with Gasteiger partial charge in [0.1, 0.15) is 11.6 Å². The number of phenolic OH excluding ortho intramolecular Hbond substituents is 1. The van der Waals surface area contributed by atoms with E-state index in [1.165, 1.54) is 6.07 Å². The smallest absolute Gasteiger partial charge is 0.131 e. The first-order valence-electron chi connectivity index (χ1n) is 7.11. The van der Waals surface area contributed by atoms with Gasteiger partial charge in [-0.3, -0.25) is 4.90 Å². The summed E-state index contributed by atoms with van der Waals surface area (Å²) in [4.78, 5) is 2.33. The third-order valence-corrected chi connectivity index (χ3v) is 4.27. The van der Waals surface area contributed by atoms with Gasteiger partial charge in [0.25, 0.3) is 0 Å². The number of aromatic hydroxyl groups is 1. The van der Waals surface area contributed by atoms with Gasteiger partial charge in [-0.1, -0.05) is 6.07 Å². The summed E-state index contributed by atoms with van der Waals surface area (Å²) in [5.74, 6) is 0.384. The van der Waals surface area contributed by atoms with Crippen molar-refractivity contribution in [2.24, 2.45) is 5.92 Å². The van der Waals surface area contributed by atoms with Crippen molar-refractivity contribution in [2.75, 3.05) is 26.2 Å². The molecular weight excluding hydrogens is 314 g/mol. The highest BCUT2D eigenvalue weighted by Crippen LogP contribution is 2.48. The summed E-state index contributed by atoms with van der Waals surface area (Å²) in [5, 5.41) is 13.6. The zero-order valence-electron chi connectivity index (χ0n) is 12.1. The largest absolute Gasteiger partial charge is 0.507 e. The lowest BCUT2D eigenvalue weighted by Crippen LogP contribution is -2.45. The minimum absolute atomic E-state index is 0. The molecule has 1 aromatic carbocycles. The van der Waals surface area contributed by atoms with Crippen LogP contribution in [-0.4, -0.2) is 36.2 Å². The average Bonchev–Trinajstić information content (AvgIpc) is 3.24. The number of piperazine rings is 1. The third kappa shape index (κ3) is 3.81. The number of benzene rings is 1. The maximum Gasteiger partial charge on any atom is 0.131 e. The van der Waals surface area contributed by atoms with E-state index in [-0.39, 0.29) is 42.4 Å². The van der Waals surface area contributed by atoms with Gasteiger partial charge in [0, 0.05) is 37.8 Å². The van der Waals surface area contributed by atoms with Crippen LogP contribution in [-0.2, 0) is 0 Å². The third-order valence-electron chi connectivity index (χ3n) is 4.27. The summed E-state index contributed by atoms with van der Waals surface area (Å²) in [6, 6.07) is 3.18. The first-order chi connectivity index (χ1) is 9.18. The molecule has 1 aromatic rings. The number of aryl methyl sites for hydroxylation is 1.